The number of nitrogens with zero attached hydrogens (tertiary/aromatic N) is 1. The summed E-state index contributed by atoms with van der Waals surface area (Å²) in [6.07, 6.45) is 10.0. The summed E-state index contributed by atoms with van der Waals surface area (Å²) in [5, 5.41) is 3.50. The van der Waals surface area contributed by atoms with Crippen molar-refractivity contribution in [3.05, 3.63) is 41.7 Å². The first-order valence-electron chi connectivity index (χ1n) is 9.16. The van der Waals surface area contributed by atoms with E-state index in [0.29, 0.717) is 0 Å². The summed E-state index contributed by atoms with van der Waals surface area (Å²) < 4.78 is 13.7. The number of halogens is 1. The Morgan fingerprint density at radius 1 is 1.17 bits per heavy atom. The molecule has 0 radical (unpaired) electrons. The van der Waals surface area contributed by atoms with E-state index in [0.717, 1.165) is 55.9 Å². The first-order chi connectivity index (χ1) is 11.2. The van der Waals surface area contributed by atoms with Crippen LogP contribution in [-0.2, 0) is 5.41 Å². The van der Waals surface area contributed by atoms with Crippen LogP contribution in [0.1, 0.15) is 31.2 Å². The van der Waals surface area contributed by atoms with E-state index < -0.39 is 0 Å². The van der Waals surface area contributed by atoms with Gasteiger partial charge in [-0.3, -0.25) is 0 Å². The molecule has 1 saturated heterocycles. The minimum absolute atomic E-state index is 0.0944. The van der Waals surface area contributed by atoms with Gasteiger partial charge < -0.3 is 10.2 Å². The highest BCUT2D eigenvalue weighted by Gasteiger charge is 2.43. The normalized spacial score (nSPS) is 34.0. The maximum atomic E-state index is 13.7. The Labute approximate surface area is 137 Å². The number of anilines is 1. The van der Waals surface area contributed by atoms with E-state index in [2.05, 4.69) is 22.4 Å². The molecule has 4 aliphatic rings. The number of hydrogen-bond donors (Lipinski definition) is 1. The second kappa shape index (κ2) is 5.07. The lowest BCUT2D eigenvalue weighted by Crippen LogP contribution is -2.45. The average Bonchev–Trinajstić information content (AvgIpc) is 3.25. The van der Waals surface area contributed by atoms with Crippen molar-refractivity contribution in [1.29, 1.82) is 0 Å². The van der Waals surface area contributed by atoms with Crippen molar-refractivity contribution in [3.63, 3.8) is 0 Å². The van der Waals surface area contributed by atoms with Gasteiger partial charge in [0, 0.05) is 24.2 Å². The fourth-order valence-electron chi connectivity index (χ4n) is 5.51. The molecule has 0 unspecified atom stereocenters. The fraction of sp³-hybridized carbons (Fsp3) is 0.600. The van der Waals surface area contributed by atoms with E-state index in [1.807, 2.05) is 6.07 Å². The van der Waals surface area contributed by atoms with E-state index in [-0.39, 0.29) is 11.2 Å². The fourth-order valence-corrected chi connectivity index (χ4v) is 5.51. The lowest BCUT2D eigenvalue weighted by molar-refractivity contribution is 0.140. The van der Waals surface area contributed by atoms with Crippen molar-refractivity contribution in [1.82, 2.24) is 4.90 Å². The molecule has 2 bridgehead atoms. The van der Waals surface area contributed by atoms with Crippen LogP contribution in [0.4, 0.5) is 10.1 Å². The average molecular weight is 312 g/mol. The molecule has 1 saturated carbocycles. The van der Waals surface area contributed by atoms with Crippen LogP contribution in [0.15, 0.2) is 30.4 Å². The Kier molecular flexibility index (Phi) is 3.09. The molecule has 1 N–H and O–H groups in total. The zero-order valence-corrected chi connectivity index (χ0v) is 13.6. The van der Waals surface area contributed by atoms with Gasteiger partial charge in [0.05, 0.1) is 0 Å². The number of allylic oxidation sites excluding steroid dienone is 2. The first-order valence-corrected chi connectivity index (χ1v) is 9.16. The van der Waals surface area contributed by atoms with Crippen LogP contribution in [0, 0.1) is 23.6 Å². The van der Waals surface area contributed by atoms with Crippen LogP contribution in [0.3, 0.4) is 0 Å². The summed E-state index contributed by atoms with van der Waals surface area (Å²) >= 11 is 0. The standard InChI is InChI=1S/C20H25FN2/c21-17-3-4-19-18(11-17)20(13-22-19)5-7-23(8-6-20)12-16-10-14-1-2-15(16)9-14/h1-4,11,14-16,22H,5-10,12-13H2/t14-,15-,16+/m0/s1. The van der Waals surface area contributed by atoms with Gasteiger partial charge in [-0.2, -0.15) is 0 Å². The Hall–Kier alpha value is -1.35. The number of benzene rings is 1. The Balaban J connectivity index is 1.27. The number of likely N-dealkylation sites (tertiary alicyclic amines) is 1. The van der Waals surface area contributed by atoms with Crippen LogP contribution in [0.25, 0.3) is 0 Å². The third-order valence-corrected chi connectivity index (χ3v) is 6.89. The van der Waals surface area contributed by atoms with Gasteiger partial charge in [-0.1, -0.05) is 12.2 Å². The zero-order valence-electron chi connectivity index (χ0n) is 13.6. The van der Waals surface area contributed by atoms with E-state index in [4.69, 9.17) is 0 Å². The summed E-state index contributed by atoms with van der Waals surface area (Å²) in [5.41, 5.74) is 2.54. The van der Waals surface area contributed by atoms with Gasteiger partial charge in [0.25, 0.3) is 0 Å². The van der Waals surface area contributed by atoms with Crippen LogP contribution in [0.5, 0.6) is 0 Å². The van der Waals surface area contributed by atoms with E-state index in [1.54, 1.807) is 12.1 Å². The molecule has 2 aliphatic heterocycles. The molecule has 3 heteroatoms. The van der Waals surface area contributed by atoms with E-state index in [9.17, 15) is 4.39 Å². The quantitative estimate of drug-likeness (QED) is 0.836. The molecule has 2 aliphatic carbocycles. The van der Waals surface area contributed by atoms with E-state index in [1.165, 1.54) is 24.9 Å². The molecule has 3 atom stereocenters. The Morgan fingerprint density at radius 2 is 2.04 bits per heavy atom. The van der Waals surface area contributed by atoms with Crippen molar-refractivity contribution in [2.24, 2.45) is 17.8 Å². The van der Waals surface area contributed by atoms with Gasteiger partial charge in [-0.05, 0) is 80.3 Å². The summed E-state index contributed by atoms with van der Waals surface area (Å²) in [6.45, 7) is 4.58. The maximum absolute atomic E-state index is 13.7. The van der Waals surface area contributed by atoms with Gasteiger partial charge in [-0.25, -0.2) is 4.39 Å². The number of nitrogens with one attached hydrogen (secondary N) is 1. The molecule has 1 spiro atoms. The predicted molar refractivity (Wildman–Crippen MR) is 91.1 cm³/mol. The topological polar surface area (TPSA) is 15.3 Å². The van der Waals surface area contributed by atoms with Crippen LogP contribution < -0.4 is 5.32 Å². The van der Waals surface area contributed by atoms with Crippen molar-refractivity contribution >= 4 is 5.69 Å². The van der Waals surface area contributed by atoms with E-state index >= 15 is 0 Å². The Morgan fingerprint density at radius 3 is 2.78 bits per heavy atom. The number of rotatable bonds is 2. The molecule has 2 heterocycles. The maximum Gasteiger partial charge on any atom is 0.123 e. The molecule has 0 aromatic heterocycles. The molecule has 0 amide bonds. The van der Waals surface area contributed by atoms with Gasteiger partial charge >= 0.3 is 0 Å². The van der Waals surface area contributed by atoms with Crippen molar-refractivity contribution in [2.75, 3.05) is 31.5 Å². The summed E-state index contributed by atoms with van der Waals surface area (Å²) in [6, 6.07) is 5.25. The highest BCUT2D eigenvalue weighted by atomic mass is 19.1. The zero-order chi connectivity index (χ0) is 15.4. The summed E-state index contributed by atoms with van der Waals surface area (Å²) in [5.74, 6) is 2.50. The molecule has 23 heavy (non-hydrogen) atoms. The lowest BCUT2D eigenvalue weighted by atomic mass is 9.74. The van der Waals surface area contributed by atoms with Crippen molar-refractivity contribution < 1.29 is 4.39 Å². The van der Waals surface area contributed by atoms with Crippen LogP contribution >= 0.6 is 0 Å². The van der Waals surface area contributed by atoms with Crippen molar-refractivity contribution in [3.8, 4) is 0 Å². The first kappa shape index (κ1) is 14.0. The summed E-state index contributed by atoms with van der Waals surface area (Å²) in [7, 11) is 0. The molecular formula is C20H25FN2. The number of fused-ring (bicyclic) bond motifs is 4. The van der Waals surface area contributed by atoms with Gasteiger partial charge in [0.15, 0.2) is 0 Å². The predicted octanol–water partition coefficient (Wildman–Crippen LogP) is 3.80. The second-order valence-corrected chi connectivity index (χ2v) is 8.16. The van der Waals surface area contributed by atoms with Crippen LogP contribution in [0.2, 0.25) is 0 Å². The van der Waals surface area contributed by atoms with Gasteiger partial charge in [0.1, 0.15) is 5.82 Å². The highest BCUT2D eigenvalue weighted by molar-refractivity contribution is 5.60. The third kappa shape index (κ3) is 2.24. The van der Waals surface area contributed by atoms with Crippen LogP contribution in [-0.4, -0.2) is 31.1 Å². The minimum atomic E-state index is -0.0944. The largest absolute Gasteiger partial charge is 0.384 e. The molecular weight excluding hydrogens is 287 g/mol. The molecule has 122 valence electrons. The molecule has 2 fully saturated rings. The smallest absolute Gasteiger partial charge is 0.123 e. The summed E-state index contributed by atoms with van der Waals surface area (Å²) in [4.78, 5) is 2.67. The molecule has 2 nitrogen and oxygen atoms in total. The SMILES string of the molecule is Fc1ccc2c(c1)C1(CCN(C[C@H]3C[C@H]4C=C[C@H]3C4)CC1)CN2. The Bertz CT molecular complexity index is 645. The highest BCUT2D eigenvalue weighted by Crippen LogP contribution is 2.46. The lowest BCUT2D eigenvalue weighted by Gasteiger charge is -2.40. The van der Waals surface area contributed by atoms with Crippen molar-refractivity contribution in [2.45, 2.75) is 31.1 Å². The monoisotopic (exact) mass is 312 g/mol. The molecule has 1 aromatic rings. The number of hydrogen-bond acceptors (Lipinski definition) is 2. The molecule has 1 aromatic carbocycles. The number of piperidine rings is 1. The van der Waals surface area contributed by atoms with Gasteiger partial charge in [-0.15, -0.1) is 0 Å². The second-order valence-electron chi connectivity index (χ2n) is 8.16. The minimum Gasteiger partial charge on any atom is -0.384 e. The third-order valence-electron chi connectivity index (χ3n) is 6.89. The van der Waals surface area contributed by atoms with Gasteiger partial charge in [0.2, 0.25) is 0 Å². The molecule has 5 rings (SSSR count).